The molecule has 2 amide bonds. The van der Waals surface area contributed by atoms with Gasteiger partial charge in [0.1, 0.15) is 0 Å². The van der Waals surface area contributed by atoms with E-state index in [4.69, 9.17) is 10.9 Å². The van der Waals surface area contributed by atoms with Crippen LogP contribution in [0.3, 0.4) is 0 Å². The third kappa shape index (κ3) is 3.28. The predicted octanol–water partition coefficient (Wildman–Crippen LogP) is -0.753. The number of likely N-dealkylation sites (tertiary alicyclic amines) is 1. The van der Waals surface area contributed by atoms with Crippen LogP contribution in [-0.2, 0) is 19.6 Å². The molecule has 1 aromatic carbocycles. The molecule has 0 bridgehead atoms. The largest absolute Gasteiger partial charge is 0.341 e. The van der Waals surface area contributed by atoms with Gasteiger partial charge in [-0.3, -0.25) is 9.59 Å². The Bertz CT molecular complexity index is 779. The maximum Gasteiger partial charge on any atom is 0.238 e. The third-order valence-electron chi connectivity index (χ3n) is 4.47. The van der Waals surface area contributed by atoms with Gasteiger partial charge in [0.25, 0.3) is 0 Å². The topological polar surface area (TPSA) is 127 Å². The molecule has 0 aliphatic carbocycles. The lowest BCUT2D eigenvalue weighted by Crippen LogP contribution is -2.37. The lowest BCUT2D eigenvalue weighted by molar-refractivity contribution is -0.134. The second kappa shape index (κ2) is 6.15. The Kier molecular flexibility index (Phi) is 4.33. The Balaban J connectivity index is 1.77. The van der Waals surface area contributed by atoms with Gasteiger partial charge in [-0.2, -0.15) is 0 Å². The molecule has 24 heavy (non-hydrogen) atoms. The molecule has 2 saturated heterocycles. The Hall–Kier alpha value is -1.97. The molecule has 8 nitrogen and oxygen atoms in total. The number of rotatable bonds is 3. The number of carbonyl (C=O) groups is 2. The van der Waals surface area contributed by atoms with E-state index in [0.717, 1.165) is 6.42 Å². The number of nitrogens with zero attached hydrogens (tertiary/aromatic N) is 2. The van der Waals surface area contributed by atoms with E-state index in [0.29, 0.717) is 18.8 Å². The Morgan fingerprint density at radius 3 is 2.62 bits per heavy atom. The number of benzene rings is 1. The predicted molar refractivity (Wildman–Crippen MR) is 87.4 cm³/mol. The van der Waals surface area contributed by atoms with Crippen LogP contribution in [0.15, 0.2) is 29.2 Å². The molecular weight excluding hydrogens is 332 g/mol. The number of anilines is 1. The van der Waals surface area contributed by atoms with Crippen molar-refractivity contribution in [1.29, 1.82) is 0 Å². The van der Waals surface area contributed by atoms with Crippen molar-refractivity contribution in [3.8, 4) is 0 Å². The van der Waals surface area contributed by atoms with Gasteiger partial charge in [-0.1, -0.05) is 6.07 Å². The summed E-state index contributed by atoms with van der Waals surface area (Å²) in [5.41, 5.74) is 6.26. The van der Waals surface area contributed by atoms with Crippen molar-refractivity contribution in [2.45, 2.75) is 23.8 Å². The van der Waals surface area contributed by atoms with Gasteiger partial charge in [-0.15, -0.1) is 0 Å². The minimum atomic E-state index is -3.85. The van der Waals surface area contributed by atoms with Gasteiger partial charge in [-0.05, 0) is 24.6 Å². The SMILES string of the molecule is N[C@@H]1CCN(C(=O)C2CC(=O)N(c3cccc(S(N)(=O)=O)c3)C2)C1. The monoisotopic (exact) mass is 352 g/mol. The van der Waals surface area contributed by atoms with Crippen molar-refractivity contribution in [3.05, 3.63) is 24.3 Å². The fourth-order valence-electron chi connectivity index (χ4n) is 3.20. The van der Waals surface area contributed by atoms with Gasteiger partial charge in [0.05, 0.1) is 10.8 Å². The summed E-state index contributed by atoms with van der Waals surface area (Å²) in [5.74, 6) is -0.703. The average Bonchev–Trinajstić information content (AvgIpc) is 3.12. The van der Waals surface area contributed by atoms with Crippen LogP contribution in [0, 0.1) is 5.92 Å². The number of carbonyl (C=O) groups excluding carboxylic acids is 2. The number of amides is 2. The quantitative estimate of drug-likeness (QED) is 0.740. The van der Waals surface area contributed by atoms with E-state index in [1.807, 2.05) is 0 Å². The van der Waals surface area contributed by atoms with Crippen LogP contribution in [0.25, 0.3) is 0 Å². The van der Waals surface area contributed by atoms with Gasteiger partial charge >= 0.3 is 0 Å². The third-order valence-corrected chi connectivity index (χ3v) is 5.38. The molecule has 1 unspecified atom stereocenters. The molecule has 0 radical (unpaired) electrons. The molecular formula is C15H20N4O4S. The normalized spacial score (nSPS) is 24.7. The Labute approximate surface area is 140 Å². The molecule has 0 aromatic heterocycles. The molecule has 4 N–H and O–H groups in total. The Morgan fingerprint density at radius 1 is 1.25 bits per heavy atom. The van der Waals surface area contributed by atoms with Crippen LogP contribution < -0.4 is 15.8 Å². The number of primary sulfonamides is 1. The molecule has 130 valence electrons. The molecule has 2 aliphatic rings. The number of hydrogen-bond donors (Lipinski definition) is 2. The van der Waals surface area contributed by atoms with Crippen molar-refractivity contribution in [1.82, 2.24) is 4.90 Å². The standard InChI is InChI=1S/C15H20N4O4S/c16-11-4-5-18(9-11)15(21)10-6-14(20)19(8-10)12-2-1-3-13(7-12)24(17,22)23/h1-3,7,10-11H,4-6,8-9,16H2,(H2,17,22,23)/t10?,11-/m1/s1. The number of hydrogen-bond acceptors (Lipinski definition) is 5. The highest BCUT2D eigenvalue weighted by atomic mass is 32.2. The van der Waals surface area contributed by atoms with Crippen LogP contribution in [-0.4, -0.2) is 50.8 Å². The van der Waals surface area contributed by atoms with Crippen molar-refractivity contribution in [3.63, 3.8) is 0 Å². The van der Waals surface area contributed by atoms with Crippen LogP contribution in [0.5, 0.6) is 0 Å². The van der Waals surface area contributed by atoms with Crippen molar-refractivity contribution >= 4 is 27.5 Å². The zero-order valence-electron chi connectivity index (χ0n) is 13.1. The van der Waals surface area contributed by atoms with Gasteiger partial charge in [0, 0.05) is 37.8 Å². The Morgan fingerprint density at radius 2 is 2.00 bits per heavy atom. The summed E-state index contributed by atoms with van der Waals surface area (Å²) >= 11 is 0. The first-order valence-corrected chi connectivity index (χ1v) is 9.28. The highest BCUT2D eigenvalue weighted by molar-refractivity contribution is 7.89. The molecule has 2 aliphatic heterocycles. The summed E-state index contributed by atoms with van der Waals surface area (Å²) in [6.07, 6.45) is 0.886. The average molecular weight is 352 g/mol. The minimum Gasteiger partial charge on any atom is -0.341 e. The molecule has 2 heterocycles. The second-order valence-electron chi connectivity index (χ2n) is 6.28. The van der Waals surface area contributed by atoms with E-state index in [1.54, 1.807) is 11.0 Å². The fraction of sp³-hybridized carbons (Fsp3) is 0.467. The smallest absolute Gasteiger partial charge is 0.238 e. The van der Waals surface area contributed by atoms with Gasteiger partial charge in [0.15, 0.2) is 0 Å². The highest BCUT2D eigenvalue weighted by Gasteiger charge is 2.38. The fourth-order valence-corrected chi connectivity index (χ4v) is 3.75. The zero-order valence-corrected chi connectivity index (χ0v) is 13.9. The lowest BCUT2D eigenvalue weighted by atomic mass is 10.1. The summed E-state index contributed by atoms with van der Waals surface area (Å²) in [5, 5.41) is 5.13. The van der Waals surface area contributed by atoms with E-state index in [9.17, 15) is 18.0 Å². The van der Waals surface area contributed by atoms with Crippen molar-refractivity contribution < 1.29 is 18.0 Å². The van der Waals surface area contributed by atoms with Crippen LogP contribution >= 0.6 is 0 Å². The van der Waals surface area contributed by atoms with E-state index >= 15 is 0 Å². The molecule has 1 aromatic rings. The first-order chi connectivity index (χ1) is 11.3. The summed E-state index contributed by atoms with van der Waals surface area (Å²) in [6, 6.07) is 5.87. The van der Waals surface area contributed by atoms with Gasteiger partial charge < -0.3 is 15.5 Å². The van der Waals surface area contributed by atoms with E-state index in [-0.39, 0.29) is 35.7 Å². The van der Waals surface area contributed by atoms with Crippen LogP contribution in [0.1, 0.15) is 12.8 Å². The molecule has 9 heteroatoms. The molecule has 3 rings (SSSR count). The molecule has 0 spiro atoms. The minimum absolute atomic E-state index is 0.00593. The van der Waals surface area contributed by atoms with Crippen molar-refractivity contribution in [2.24, 2.45) is 16.8 Å². The molecule has 2 fully saturated rings. The van der Waals surface area contributed by atoms with Crippen LogP contribution in [0.2, 0.25) is 0 Å². The lowest BCUT2D eigenvalue weighted by Gasteiger charge is -2.21. The van der Waals surface area contributed by atoms with Crippen LogP contribution in [0.4, 0.5) is 5.69 Å². The summed E-state index contributed by atoms with van der Waals surface area (Å²) in [7, 11) is -3.85. The number of sulfonamides is 1. The summed E-state index contributed by atoms with van der Waals surface area (Å²) in [4.78, 5) is 27.9. The highest BCUT2D eigenvalue weighted by Crippen LogP contribution is 2.28. The zero-order chi connectivity index (χ0) is 17.5. The van der Waals surface area contributed by atoms with E-state index < -0.39 is 15.9 Å². The van der Waals surface area contributed by atoms with Gasteiger partial charge in [0.2, 0.25) is 21.8 Å². The molecule has 0 saturated carbocycles. The van der Waals surface area contributed by atoms with Crippen molar-refractivity contribution in [2.75, 3.05) is 24.5 Å². The first-order valence-electron chi connectivity index (χ1n) is 7.73. The summed E-state index contributed by atoms with van der Waals surface area (Å²) < 4.78 is 22.9. The summed E-state index contributed by atoms with van der Waals surface area (Å²) in [6.45, 7) is 1.37. The van der Waals surface area contributed by atoms with E-state index in [1.165, 1.54) is 23.1 Å². The van der Waals surface area contributed by atoms with Gasteiger partial charge in [-0.25, -0.2) is 13.6 Å². The molecule has 2 atom stereocenters. The number of nitrogens with two attached hydrogens (primary N) is 2. The maximum atomic E-state index is 12.5. The second-order valence-corrected chi connectivity index (χ2v) is 7.84. The maximum absolute atomic E-state index is 12.5. The first kappa shape index (κ1) is 16.9. The van der Waals surface area contributed by atoms with E-state index in [2.05, 4.69) is 0 Å².